The van der Waals surface area contributed by atoms with Gasteiger partial charge in [0.25, 0.3) is 0 Å². The second kappa shape index (κ2) is 9.10. The summed E-state index contributed by atoms with van der Waals surface area (Å²) in [6.45, 7) is 0.113. The molecule has 3 aromatic rings. The van der Waals surface area contributed by atoms with Crippen LogP contribution in [-0.2, 0) is 9.59 Å². The minimum Gasteiger partial charge on any atom is -0.325 e. The van der Waals surface area contributed by atoms with E-state index in [0.29, 0.717) is 22.0 Å². The number of carbonyl (C=O) groups is 3. The minimum atomic E-state index is -0.651. The van der Waals surface area contributed by atoms with Gasteiger partial charge in [-0.25, -0.2) is 4.39 Å². The van der Waals surface area contributed by atoms with Crippen LogP contribution in [0.4, 0.5) is 15.8 Å². The van der Waals surface area contributed by atoms with E-state index in [2.05, 4.69) is 5.32 Å². The van der Waals surface area contributed by atoms with E-state index >= 15 is 0 Å². The molecule has 5 nitrogen and oxygen atoms in total. The molecule has 1 unspecified atom stereocenters. The van der Waals surface area contributed by atoms with Gasteiger partial charge in [0, 0.05) is 34.8 Å². The van der Waals surface area contributed by atoms with Crippen LogP contribution in [0, 0.1) is 11.7 Å². The van der Waals surface area contributed by atoms with Gasteiger partial charge in [-0.05, 0) is 36.4 Å². The molecule has 3 aromatic carbocycles. The molecule has 1 saturated heterocycles. The Hall–Kier alpha value is -3.22. The lowest BCUT2D eigenvalue weighted by Gasteiger charge is -2.17. The van der Waals surface area contributed by atoms with Gasteiger partial charge in [-0.1, -0.05) is 53.5 Å². The maximum atomic E-state index is 13.4. The molecular formula is C24H17Cl2FN2O3. The van der Waals surface area contributed by atoms with Crippen LogP contribution in [0.15, 0.2) is 66.7 Å². The number of anilines is 2. The molecule has 0 aliphatic carbocycles. The molecule has 1 heterocycles. The Bertz CT molecular complexity index is 1220. The molecular weight excluding hydrogens is 454 g/mol. The highest BCUT2D eigenvalue weighted by Gasteiger charge is 2.35. The molecule has 0 spiro atoms. The first-order valence-electron chi connectivity index (χ1n) is 9.79. The maximum Gasteiger partial charge on any atom is 0.229 e. The number of amides is 2. The Labute approximate surface area is 193 Å². The number of nitrogens with zero attached hydrogens (tertiary/aromatic N) is 1. The highest BCUT2D eigenvalue weighted by atomic mass is 35.5. The summed E-state index contributed by atoms with van der Waals surface area (Å²) in [7, 11) is 0. The molecule has 0 aromatic heterocycles. The van der Waals surface area contributed by atoms with Gasteiger partial charge in [0.2, 0.25) is 11.8 Å². The zero-order chi connectivity index (χ0) is 22.8. The van der Waals surface area contributed by atoms with Crippen molar-refractivity contribution in [1.82, 2.24) is 0 Å². The summed E-state index contributed by atoms with van der Waals surface area (Å²) in [5, 5.41) is 3.02. The lowest BCUT2D eigenvalue weighted by Crippen LogP contribution is -2.28. The van der Waals surface area contributed by atoms with Gasteiger partial charge in [-0.3, -0.25) is 14.4 Å². The van der Waals surface area contributed by atoms with Crippen molar-refractivity contribution in [1.29, 1.82) is 0 Å². The standard InChI is InChI=1S/C24H17Cl2FN2O3/c25-16-6-9-21(18(11-16)23(31)14-4-2-1-3-5-14)28-24(32)15-10-22(30)29(13-15)17-7-8-20(27)19(26)12-17/h1-9,11-12,15H,10,13H2,(H,28,32). The number of hydrogen-bond acceptors (Lipinski definition) is 3. The van der Waals surface area contributed by atoms with Crippen LogP contribution in [0.25, 0.3) is 0 Å². The smallest absolute Gasteiger partial charge is 0.229 e. The number of hydrogen-bond donors (Lipinski definition) is 1. The Morgan fingerprint density at radius 2 is 1.75 bits per heavy atom. The number of rotatable bonds is 5. The number of ketones is 1. The first-order chi connectivity index (χ1) is 15.3. The van der Waals surface area contributed by atoms with Crippen LogP contribution in [0.5, 0.6) is 0 Å². The summed E-state index contributed by atoms with van der Waals surface area (Å²) in [4.78, 5) is 39.8. The molecule has 32 heavy (non-hydrogen) atoms. The van der Waals surface area contributed by atoms with Crippen molar-refractivity contribution < 1.29 is 18.8 Å². The highest BCUT2D eigenvalue weighted by Crippen LogP contribution is 2.30. The molecule has 1 aliphatic heterocycles. The second-order valence-corrected chi connectivity index (χ2v) is 8.22. The molecule has 0 saturated carbocycles. The number of carbonyl (C=O) groups excluding carboxylic acids is 3. The zero-order valence-corrected chi connectivity index (χ0v) is 18.2. The molecule has 8 heteroatoms. The van der Waals surface area contributed by atoms with E-state index in [4.69, 9.17) is 23.2 Å². The van der Waals surface area contributed by atoms with Crippen LogP contribution in [-0.4, -0.2) is 24.1 Å². The van der Waals surface area contributed by atoms with E-state index in [9.17, 15) is 18.8 Å². The molecule has 1 fully saturated rings. The molecule has 0 radical (unpaired) electrons. The van der Waals surface area contributed by atoms with E-state index in [1.54, 1.807) is 42.5 Å². The van der Waals surface area contributed by atoms with Crippen LogP contribution in [0.1, 0.15) is 22.3 Å². The van der Waals surface area contributed by atoms with Crippen LogP contribution in [0.2, 0.25) is 10.0 Å². The molecule has 0 bridgehead atoms. The number of nitrogens with one attached hydrogen (secondary N) is 1. The molecule has 1 aliphatic rings. The van der Waals surface area contributed by atoms with E-state index in [-0.39, 0.29) is 35.2 Å². The summed E-state index contributed by atoms with van der Waals surface area (Å²) in [6, 6.07) is 17.2. The third-order valence-corrected chi connectivity index (χ3v) is 5.76. The van der Waals surface area contributed by atoms with E-state index in [1.165, 1.54) is 29.2 Å². The van der Waals surface area contributed by atoms with Crippen molar-refractivity contribution in [3.05, 3.63) is 93.7 Å². The van der Waals surface area contributed by atoms with Gasteiger partial charge < -0.3 is 10.2 Å². The predicted octanol–water partition coefficient (Wildman–Crippen LogP) is 5.36. The first kappa shape index (κ1) is 22.0. The van der Waals surface area contributed by atoms with Gasteiger partial charge in [0.15, 0.2) is 5.78 Å². The molecule has 162 valence electrons. The summed E-state index contributed by atoms with van der Waals surface area (Å²) in [5.74, 6) is -2.20. The largest absolute Gasteiger partial charge is 0.325 e. The normalized spacial score (nSPS) is 15.7. The van der Waals surface area contributed by atoms with Gasteiger partial charge >= 0.3 is 0 Å². The fourth-order valence-corrected chi connectivity index (χ4v) is 3.93. The Balaban J connectivity index is 1.54. The summed E-state index contributed by atoms with van der Waals surface area (Å²) < 4.78 is 13.4. The van der Waals surface area contributed by atoms with Crippen molar-refractivity contribution in [2.24, 2.45) is 5.92 Å². The van der Waals surface area contributed by atoms with Gasteiger partial charge in [-0.15, -0.1) is 0 Å². The molecule has 1 N–H and O–H groups in total. The Morgan fingerprint density at radius 1 is 1.00 bits per heavy atom. The maximum absolute atomic E-state index is 13.4. The van der Waals surface area contributed by atoms with Crippen LogP contribution < -0.4 is 10.2 Å². The number of benzene rings is 3. The second-order valence-electron chi connectivity index (χ2n) is 7.38. The van der Waals surface area contributed by atoms with Crippen molar-refractivity contribution in [3.8, 4) is 0 Å². The van der Waals surface area contributed by atoms with Crippen molar-refractivity contribution in [2.75, 3.05) is 16.8 Å². The van der Waals surface area contributed by atoms with Crippen LogP contribution >= 0.6 is 23.2 Å². The Morgan fingerprint density at radius 3 is 2.47 bits per heavy atom. The van der Waals surface area contributed by atoms with Gasteiger partial charge in [0.05, 0.1) is 16.6 Å². The first-order valence-corrected chi connectivity index (χ1v) is 10.5. The van der Waals surface area contributed by atoms with E-state index in [1.807, 2.05) is 0 Å². The molecule has 2 amide bonds. The highest BCUT2D eigenvalue weighted by molar-refractivity contribution is 6.31. The lowest BCUT2D eigenvalue weighted by molar-refractivity contribution is -0.122. The third kappa shape index (κ3) is 4.52. The SMILES string of the molecule is O=C(c1ccccc1)c1cc(Cl)ccc1NC(=O)C1CC(=O)N(c2ccc(F)c(Cl)c2)C1. The van der Waals surface area contributed by atoms with Crippen molar-refractivity contribution in [3.63, 3.8) is 0 Å². The van der Waals surface area contributed by atoms with Crippen molar-refractivity contribution >= 4 is 52.2 Å². The van der Waals surface area contributed by atoms with E-state index in [0.717, 1.165) is 0 Å². The zero-order valence-electron chi connectivity index (χ0n) is 16.6. The molecule has 4 rings (SSSR count). The predicted molar refractivity (Wildman–Crippen MR) is 122 cm³/mol. The van der Waals surface area contributed by atoms with E-state index < -0.39 is 17.6 Å². The fraction of sp³-hybridized carbons (Fsp3) is 0.125. The molecule has 1 atom stereocenters. The summed E-state index contributed by atoms with van der Waals surface area (Å²) in [5.41, 5.74) is 1.44. The quantitative estimate of drug-likeness (QED) is 0.510. The van der Waals surface area contributed by atoms with Crippen molar-refractivity contribution in [2.45, 2.75) is 6.42 Å². The van der Waals surface area contributed by atoms with Gasteiger partial charge in [-0.2, -0.15) is 0 Å². The van der Waals surface area contributed by atoms with Crippen LogP contribution in [0.3, 0.4) is 0 Å². The Kier molecular flexibility index (Phi) is 6.26. The third-order valence-electron chi connectivity index (χ3n) is 5.23. The summed E-state index contributed by atoms with van der Waals surface area (Å²) in [6.07, 6.45) is -0.0175. The van der Waals surface area contributed by atoms with Gasteiger partial charge in [0.1, 0.15) is 5.82 Å². The minimum absolute atomic E-state index is 0.0175. The summed E-state index contributed by atoms with van der Waals surface area (Å²) >= 11 is 11.9. The lowest BCUT2D eigenvalue weighted by atomic mass is 10.0. The fourth-order valence-electron chi connectivity index (χ4n) is 3.58. The average molecular weight is 471 g/mol. The number of halogens is 3. The average Bonchev–Trinajstić information content (AvgIpc) is 3.18. The topological polar surface area (TPSA) is 66.5 Å². The monoisotopic (exact) mass is 470 g/mol.